The number of hydrogen-bond acceptors (Lipinski definition) is 3. The monoisotopic (exact) mass is 228 g/mol. The Bertz CT molecular complexity index is 386. The van der Waals surface area contributed by atoms with E-state index in [1.54, 1.807) is 0 Å². The lowest BCUT2D eigenvalue weighted by atomic mass is 10.5. The van der Waals surface area contributed by atoms with Gasteiger partial charge in [-0.25, -0.2) is 4.98 Å². The molecule has 1 aromatic rings. The van der Waals surface area contributed by atoms with Gasteiger partial charge in [0, 0.05) is 8.22 Å². The summed E-state index contributed by atoms with van der Waals surface area (Å²) in [6.07, 6.45) is -1.70. The van der Waals surface area contributed by atoms with E-state index in [4.69, 9.17) is 14.3 Å². The predicted molar refractivity (Wildman–Crippen MR) is 45.6 cm³/mol. The molecule has 0 N–H and O–H groups in total. The molecular formula is C6H8BrNOS. The first kappa shape index (κ1) is 2.75. The summed E-state index contributed by atoms with van der Waals surface area (Å²) in [5.74, 6) is 0. The molecule has 0 aliphatic carbocycles. The molecule has 0 fully saturated rings. The molecule has 0 bridgehead atoms. The molecule has 0 aliphatic rings. The molecule has 0 saturated carbocycles. The summed E-state index contributed by atoms with van der Waals surface area (Å²) in [6, 6.07) is 0. The summed E-state index contributed by atoms with van der Waals surface area (Å²) < 4.78 is 55.6. The molecule has 0 spiro atoms. The van der Waals surface area contributed by atoms with E-state index < -0.39 is 19.8 Å². The number of rotatable bonds is 2. The van der Waals surface area contributed by atoms with Crippen LogP contribution in [0, 0.1) is 0 Å². The summed E-state index contributed by atoms with van der Waals surface area (Å²) in [4.78, 5) is 3.66. The van der Waals surface area contributed by atoms with Crippen LogP contribution in [0.2, 0.25) is 0 Å². The lowest BCUT2D eigenvalue weighted by Gasteiger charge is -2.03. The second kappa shape index (κ2) is 3.34. The summed E-state index contributed by atoms with van der Waals surface area (Å²) in [5.41, 5.74) is 0. The minimum Gasteiger partial charge on any atom is -0.467 e. The van der Waals surface area contributed by atoms with Gasteiger partial charge in [0.1, 0.15) is 0 Å². The average molecular weight is 229 g/mol. The van der Waals surface area contributed by atoms with Gasteiger partial charge in [-0.3, -0.25) is 0 Å². The molecule has 0 saturated heterocycles. The third-order valence-electron chi connectivity index (χ3n) is 0.646. The number of halogens is 1. The first-order valence-corrected chi connectivity index (χ1v) is 3.89. The molecule has 1 heterocycles. The van der Waals surface area contributed by atoms with Gasteiger partial charge in [0.15, 0.2) is 0 Å². The van der Waals surface area contributed by atoms with Crippen molar-refractivity contribution in [2.45, 2.75) is 19.8 Å². The number of aromatic nitrogens is 1. The lowest BCUT2D eigenvalue weighted by Crippen LogP contribution is -2.04. The van der Waals surface area contributed by atoms with Gasteiger partial charge < -0.3 is 4.74 Å². The fourth-order valence-corrected chi connectivity index (χ4v) is 1.39. The maximum absolute atomic E-state index is 7.57. The maximum atomic E-state index is 7.57. The Kier molecular flexibility index (Phi) is 0.920. The lowest BCUT2D eigenvalue weighted by molar-refractivity contribution is 0.241. The molecule has 1 aromatic heterocycles. The SMILES string of the molecule is [2H]C([2H])([2H])C([2H])(Oc1ncc(Br)s1)C([2H])([2H])[2H]. The zero-order valence-corrected chi connectivity index (χ0v) is 7.12. The van der Waals surface area contributed by atoms with Crippen LogP contribution in [0.15, 0.2) is 9.98 Å². The van der Waals surface area contributed by atoms with Crippen LogP contribution in [0.4, 0.5) is 0 Å². The third-order valence-corrected chi connectivity index (χ3v) is 2.00. The highest BCUT2D eigenvalue weighted by molar-refractivity contribution is 9.11. The van der Waals surface area contributed by atoms with Crippen LogP contribution in [0.25, 0.3) is 0 Å². The van der Waals surface area contributed by atoms with Crippen molar-refractivity contribution >= 4 is 27.3 Å². The highest BCUT2D eigenvalue weighted by atomic mass is 79.9. The van der Waals surface area contributed by atoms with E-state index in [1.807, 2.05) is 0 Å². The highest BCUT2D eigenvalue weighted by Gasteiger charge is 2.01. The van der Waals surface area contributed by atoms with Crippen LogP contribution < -0.4 is 4.74 Å². The predicted octanol–water partition coefficient (Wildman–Crippen LogP) is 2.69. The van der Waals surface area contributed by atoms with Crippen LogP contribution in [-0.2, 0) is 0 Å². The molecule has 10 heavy (non-hydrogen) atoms. The van der Waals surface area contributed by atoms with Gasteiger partial charge in [0.25, 0.3) is 5.19 Å². The van der Waals surface area contributed by atoms with Gasteiger partial charge in [0.05, 0.1) is 17.4 Å². The van der Waals surface area contributed by atoms with E-state index >= 15 is 0 Å². The molecular weight excluding hydrogens is 214 g/mol. The molecule has 0 aromatic carbocycles. The minimum atomic E-state index is -3.11. The summed E-state index contributed by atoms with van der Waals surface area (Å²) in [6.45, 7) is -6.23. The zero-order valence-electron chi connectivity index (χ0n) is 11.7. The quantitative estimate of drug-likeness (QED) is 0.777. The standard InChI is InChI=1S/C6H8BrNOS/c1-4(2)9-6-8-3-5(7)10-6/h3-4H,1-2H3/i1D3,2D3,4D. The Hall–Kier alpha value is -0.0900. The summed E-state index contributed by atoms with van der Waals surface area (Å²) in [5, 5.41) is -0.181. The van der Waals surface area contributed by atoms with Crippen molar-refractivity contribution < 1.29 is 14.3 Å². The Morgan fingerprint density at radius 2 is 2.80 bits per heavy atom. The van der Waals surface area contributed by atoms with Crippen molar-refractivity contribution in [1.29, 1.82) is 0 Å². The van der Waals surface area contributed by atoms with E-state index in [1.165, 1.54) is 6.20 Å². The first-order chi connectivity index (χ1) is 7.47. The smallest absolute Gasteiger partial charge is 0.274 e. The highest BCUT2D eigenvalue weighted by Crippen LogP contribution is 2.25. The molecule has 0 amide bonds. The van der Waals surface area contributed by atoms with E-state index in [9.17, 15) is 0 Å². The van der Waals surface area contributed by atoms with Crippen molar-refractivity contribution in [2.24, 2.45) is 0 Å². The summed E-state index contributed by atoms with van der Waals surface area (Å²) in [7, 11) is 0. The molecule has 1 rings (SSSR count). The number of nitrogens with zero attached hydrogens (tertiary/aromatic N) is 1. The Morgan fingerprint density at radius 3 is 3.30 bits per heavy atom. The topological polar surface area (TPSA) is 22.1 Å². The molecule has 2 nitrogen and oxygen atoms in total. The van der Waals surface area contributed by atoms with Crippen molar-refractivity contribution in [3.8, 4) is 5.19 Å². The minimum absolute atomic E-state index is 0.181. The largest absolute Gasteiger partial charge is 0.467 e. The van der Waals surface area contributed by atoms with Crippen molar-refractivity contribution in [3.05, 3.63) is 9.98 Å². The van der Waals surface area contributed by atoms with Gasteiger partial charge in [-0.15, -0.1) is 0 Å². The summed E-state index contributed by atoms with van der Waals surface area (Å²) >= 11 is 3.98. The van der Waals surface area contributed by atoms with Crippen LogP contribution >= 0.6 is 27.3 Å². The van der Waals surface area contributed by atoms with Crippen LogP contribution in [0.1, 0.15) is 23.3 Å². The average Bonchev–Trinajstić information content (AvgIpc) is 2.47. The fraction of sp³-hybridized carbons (Fsp3) is 0.500. The molecule has 0 radical (unpaired) electrons. The van der Waals surface area contributed by atoms with Crippen LogP contribution in [0.5, 0.6) is 5.19 Å². The van der Waals surface area contributed by atoms with Crippen LogP contribution in [0.3, 0.4) is 0 Å². The number of thiazole rings is 1. The third kappa shape index (κ3) is 2.27. The second-order valence-electron chi connectivity index (χ2n) is 1.36. The van der Waals surface area contributed by atoms with E-state index in [2.05, 4.69) is 20.9 Å². The molecule has 4 heteroatoms. The van der Waals surface area contributed by atoms with E-state index in [-0.39, 0.29) is 5.19 Å². The van der Waals surface area contributed by atoms with Crippen molar-refractivity contribution in [2.75, 3.05) is 0 Å². The van der Waals surface area contributed by atoms with Gasteiger partial charge >= 0.3 is 0 Å². The van der Waals surface area contributed by atoms with Gasteiger partial charge in [-0.2, -0.15) is 0 Å². The molecule has 0 unspecified atom stereocenters. The zero-order chi connectivity index (χ0) is 13.5. The molecule has 56 valence electrons. The Balaban J connectivity index is 3.10. The molecule has 0 atom stereocenters. The maximum Gasteiger partial charge on any atom is 0.274 e. The Morgan fingerprint density at radius 1 is 2.00 bits per heavy atom. The van der Waals surface area contributed by atoms with Crippen LogP contribution in [-0.4, -0.2) is 11.1 Å². The second-order valence-corrected chi connectivity index (χ2v) is 3.73. The Labute approximate surface area is 82.2 Å². The first-order valence-electron chi connectivity index (χ1n) is 5.78. The van der Waals surface area contributed by atoms with Gasteiger partial charge in [-0.1, -0.05) is 11.3 Å². The number of hydrogen-bond donors (Lipinski definition) is 0. The fourth-order valence-electron chi connectivity index (χ4n) is 0.374. The molecule has 0 aliphatic heterocycles. The van der Waals surface area contributed by atoms with E-state index in [0.717, 1.165) is 11.3 Å². The number of ether oxygens (including phenoxy) is 1. The van der Waals surface area contributed by atoms with Gasteiger partial charge in [0.2, 0.25) is 0 Å². The van der Waals surface area contributed by atoms with Crippen molar-refractivity contribution in [1.82, 2.24) is 4.98 Å². The van der Waals surface area contributed by atoms with Gasteiger partial charge in [-0.05, 0) is 29.6 Å². The van der Waals surface area contributed by atoms with E-state index in [0.29, 0.717) is 3.79 Å². The van der Waals surface area contributed by atoms with Crippen molar-refractivity contribution in [3.63, 3.8) is 0 Å². The normalized spacial score (nSPS) is 24.3.